The standard InChI is InChI=1S/C24H41N3O17/c1-7(30)25-13-18(35)20(10(4-28)40-22(13)37)43-24-15(27-9(3)32)19(36)21(11(5-29)41-24)44-23-14(26-8(2)31)17(34)16(33)12(42-23)6-39-38/h10-24,28-29,33-38H,4-6H2,1-3H3,(H,25,30)(H,26,31)(H,27,32)/t10-,11-,12-,13-,14-,15-,16-,17-,18-,19-,20-,21-,22-,23+,24+/m1/s1. The van der Waals surface area contributed by atoms with Gasteiger partial charge in [-0.15, -0.1) is 0 Å². The third-order valence-corrected chi connectivity index (χ3v) is 7.36. The van der Waals surface area contributed by atoms with E-state index in [1.807, 2.05) is 0 Å². The van der Waals surface area contributed by atoms with E-state index >= 15 is 0 Å². The first kappa shape index (κ1) is 36.3. The van der Waals surface area contributed by atoms with Gasteiger partial charge in [-0.25, -0.2) is 4.89 Å². The number of hydrogen-bond donors (Lipinski definition) is 11. The maximum absolute atomic E-state index is 12.1. The van der Waals surface area contributed by atoms with Gasteiger partial charge in [0.15, 0.2) is 18.9 Å². The second-order valence-corrected chi connectivity index (χ2v) is 10.7. The van der Waals surface area contributed by atoms with E-state index in [4.69, 9.17) is 28.9 Å². The van der Waals surface area contributed by atoms with Crippen molar-refractivity contribution in [2.24, 2.45) is 0 Å². The molecule has 3 rings (SSSR count). The number of rotatable bonds is 11. The largest absolute Gasteiger partial charge is 0.394 e. The summed E-state index contributed by atoms with van der Waals surface area (Å²) < 4.78 is 28.4. The van der Waals surface area contributed by atoms with Gasteiger partial charge in [0.2, 0.25) is 17.7 Å². The average Bonchev–Trinajstić information content (AvgIpc) is 2.95. The second-order valence-electron chi connectivity index (χ2n) is 10.7. The average molecular weight is 644 g/mol. The molecule has 0 bridgehead atoms. The number of amides is 3. The first-order chi connectivity index (χ1) is 20.7. The van der Waals surface area contributed by atoms with Gasteiger partial charge in [0.25, 0.3) is 0 Å². The monoisotopic (exact) mass is 643 g/mol. The van der Waals surface area contributed by atoms with Crippen LogP contribution in [0, 0.1) is 0 Å². The molecule has 3 saturated heterocycles. The lowest BCUT2D eigenvalue weighted by Crippen LogP contribution is -2.71. The fourth-order valence-electron chi connectivity index (χ4n) is 5.34. The summed E-state index contributed by atoms with van der Waals surface area (Å²) in [4.78, 5) is 39.6. The van der Waals surface area contributed by atoms with Crippen molar-refractivity contribution in [3.63, 3.8) is 0 Å². The molecule has 20 heteroatoms. The van der Waals surface area contributed by atoms with Gasteiger partial charge in [0, 0.05) is 20.8 Å². The maximum Gasteiger partial charge on any atom is 0.217 e. The lowest BCUT2D eigenvalue weighted by molar-refractivity contribution is -0.358. The van der Waals surface area contributed by atoms with Crippen LogP contribution in [0.1, 0.15) is 20.8 Å². The Hall–Kier alpha value is -2.15. The Kier molecular flexibility index (Phi) is 13.1. The highest BCUT2D eigenvalue weighted by Crippen LogP contribution is 2.32. The van der Waals surface area contributed by atoms with E-state index in [0.29, 0.717) is 0 Å². The van der Waals surface area contributed by atoms with Gasteiger partial charge < -0.3 is 75.4 Å². The Morgan fingerprint density at radius 2 is 1.02 bits per heavy atom. The van der Waals surface area contributed by atoms with Gasteiger partial charge in [-0.05, 0) is 0 Å². The van der Waals surface area contributed by atoms with Crippen LogP contribution in [-0.2, 0) is 43.0 Å². The number of ether oxygens (including phenoxy) is 5. The molecule has 0 spiro atoms. The molecule has 3 fully saturated rings. The van der Waals surface area contributed by atoms with Crippen LogP contribution in [0.2, 0.25) is 0 Å². The SMILES string of the molecule is CC(=O)N[C@@H]1[C@@H](O)[C@H](O[C@@H]2O[C@H](CO)[C@@H](O[C@@H]3O[C@H](COO)[C@@H](O)[C@H](O)[C@H]3NC(C)=O)[C@H](O)[C@H]2NC(C)=O)[C@@H](CO)O[C@H]1O. The van der Waals surface area contributed by atoms with E-state index in [-0.39, 0.29) is 0 Å². The van der Waals surface area contributed by atoms with Crippen LogP contribution in [0.3, 0.4) is 0 Å². The molecule has 3 heterocycles. The first-order valence-electron chi connectivity index (χ1n) is 13.7. The molecule has 0 aliphatic carbocycles. The maximum atomic E-state index is 12.1. The summed E-state index contributed by atoms with van der Waals surface area (Å²) in [5.41, 5.74) is 0. The summed E-state index contributed by atoms with van der Waals surface area (Å²) in [7, 11) is 0. The first-order valence-corrected chi connectivity index (χ1v) is 13.7. The van der Waals surface area contributed by atoms with Crippen LogP contribution in [0.5, 0.6) is 0 Å². The Bertz CT molecular complexity index is 978. The smallest absolute Gasteiger partial charge is 0.217 e. The summed E-state index contributed by atoms with van der Waals surface area (Å²) in [5, 5.41) is 89.5. The van der Waals surface area contributed by atoms with E-state index < -0.39 is 129 Å². The molecule has 44 heavy (non-hydrogen) atoms. The van der Waals surface area contributed by atoms with Gasteiger partial charge >= 0.3 is 0 Å². The van der Waals surface area contributed by atoms with Gasteiger partial charge in [-0.2, -0.15) is 0 Å². The van der Waals surface area contributed by atoms with Gasteiger partial charge in [-0.3, -0.25) is 19.6 Å². The number of nitrogens with one attached hydrogen (secondary N) is 3. The van der Waals surface area contributed by atoms with Crippen LogP contribution < -0.4 is 16.0 Å². The molecule has 15 atom stereocenters. The molecule has 254 valence electrons. The molecule has 0 aromatic carbocycles. The van der Waals surface area contributed by atoms with Crippen LogP contribution in [0.25, 0.3) is 0 Å². The minimum atomic E-state index is -1.79. The van der Waals surface area contributed by atoms with Crippen LogP contribution in [0.15, 0.2) is 0 Å². The van der Waals surface area contributed by atoms with Crippen molar-refractivity contribution in [2.45, 2.75) is 113 Å². The van der Waals surface area contributed by atoms with E-state index in [0.717, 1.165) is 20.8 Å². The Balaban J connectivity index is 1.90. The number of carbonyl (C=O) groups excluding carboxylic acids is 3. The predicted molar refractivity (Wildman–Crippen MR) is 138 cm³/mol. The molecule has 20 nitrogen and oxygen atoms in total. The minimum Gasteiger partial charge on any atom is -0.394 e. The van der Waals surface area contributed by atoms with Crippen molar-refractivity contribution in [3.05, 3.63) is 0 Å². The fourth-order valence-corrected chi connectivity index (χ4v) is 5.34. The normalized spacial score (nSPS) is 42.8. The summed E-state index contributed by atoms with van der Waals surface area (Å²) in [6.07, 6.45) is -19.2. The van der Waals surface area contributed by atoms with Crippen molar-refractivity contribution in [2.75, 3.05) is 19.8 Å². The van der Waals surface area contributed by atoms with Crippen LogP contribution >= 0.6 is 0 Å². The fraction of sp³-hybridized carbons (Fsp3) is 0.875. The van der Waals surface area contributed by atoms with Gasteiger partial charge in [0.05, 0.1) is 13.2 Å². The van der Waals surface area contributed by atoms with Crippen molar-refractivity contribution < 1.29 is 84.0 Å². The molecule has 11 N–H and O–H groups in total. The lowest BCUT2D eigenvalue weighted by Gasteiger charge is -2.49. The van der Waals surface area contributed by atoms with Crippen molar-refractivity contribution in [1.82, 2.24) is 16.0 Å². The molecular weight excluding hydrogens is 602 g/mol. The zero-order valence-electron chi connectivity index (χ0n) is 24.0. The minimum absolute atomic E-state index is 0.631. The van der Waals surface area contributed by atoms with Crippen LogP contribution in [-0.4, -0.2) is 170 Å². The quantitative estimate of drug-likeness (QED) is 0.0736. The Morgan fingerprint density at radius 3 is 1.48 bits per heavy atom. The van der Waals surface area contributed by atoms with E-state index in [2.05, 4.69) is 20.8 Å². The van der Waals surface area contributed by atoms with Crippen molar-refractivity contribution in [1.29, 1.82) is 0 Å². The van der Waals surface area contributed by atoms with Gasteiger partial charge in [-0.1, -0.05) is 0 Å². The highest BCUT2D eigenvalue weighted by Gasteiger charge is 2.54. The molecule has 0 aromatic heterocycles. The third kappa shape index (κ3) is 8.35. The molecule has 3 aliphatic heterocycles. The highest BCUT2D eigenvalue weighted by atomic mass is 17.1. The zero-order valence-corrected chi connectivity index (χ0v) is 24.0. The summed E-state index contributed by atoms with van der Waals surface area (Å²) in [5.74, 6) is -1.98. The van der Waals surface area contributed by atoms with Crippen molar-refractivity contribution in [3.8, 4) is 0 Å². The van der Waals surface area contributed by atoms with Gasteiger partial charge in [0.1, 0.15) is 79.7 Å². The number of aliphatic hydroxyl groups is 7. The van der Waals surface area contributed by atoms with Crippen molar-refractivity contribution >= 4 is 17.7 Å². The number of hydrogen-bond acceptors (Lipinski definition) is 17. The second kappa shape index (κ2) is 15.9. The van der Waals surface area contributed by atoms with E-state index in [9.17, 15) is 50.1 Å². The molecule has 0 saturated carbocycles. The molecule has 0 radical (unpaired) electrons. The molecule has 0 aromatic rings. The molecular formula is C24H41N3O17. The zero-order chi connectivity index (χ0) is 32.9. The van der Waals surface area contributed by atoms with E-state index in [1.165, 1.54) is 0 Å². The molecule has 3 aliphatic rings. The molecule has 0 unspecified atom stereocenters. The third-order valence-electron chi connectivity index (χ3n) is 7.36. The highest BCUT2D eigenvalue weighted by molar-refractivity contribution is 5.74. The lowest BCUT2D eigenvalue weighted by atomic mass is 9.93. The summed E-state index contributed by atoms with van der Waals surface area (Å²) in [6.45, 7) is 1.08. The Labute approximate surface area is 250 Å². The molecule has 3 amide bonds. The topological polar surface area (TPSA) is 305 Å². The van der Waals surface area contributed by atoms with E-state index in [1.54, 1.807) is 0 Å². The number of aliphatic hydroxyl groups excluding tert-OH is 7. The van der Waals surface area contributed by atoms with Crippen LogP contribution in [0.4, 0.5) is 0 Å². The Morgan fingerprint density at radius 1 is 0.614 bits per heavy atom. The summed E-state index contributed by atoms with van der Waals surface area (Å²) in [6, 6.07) is -4.36. The summed E-state index contributed by atoms with van der Waals surface area (Å²) >= 11 is 0. The predicted octanol–water partition coefficient (Wildman–Crippen LogP) is -6.64. The number of carbonyl (C=O) groups is 3.